The Morgan fingerprint density at radius 3 is 2.26 bits per heavy atom. The van der Waals surface area contributed by atoms with Crippen molar-refractivity contribution >= 4 is 18.1 Å². The first-order valence-electron chi connectivity index (χ1n) is 5.86. The molecule has 4 nitrogen and oxygen atoms in total. The van der Waals surface area contributed by atoms with Crippen molar-refractivity contribution in [2.24, 2.45) is 0 Å². The first-order valence-corrected chi connectivity index (χ1v) is 5.86. The number of aldehydes is 1. The van der Waals surface area contributed by atoms with Crippen LogP contribution in [0.5, 0.6) is 0 Å². The Morgan fingerprint density at radius 2 is 1.74 bits per heavy atom. The van der Waals surface area contributed by atoms with Crippen LogP contribution in [0.1, 0.15) is 27.1 Å². The molecule has 1 heterocycles. The van der Waals surface area contributed by atoms with Gasteiger partial charge in [0, 0.05) is 6.54 Å². The lowest BCUT2D eigenvalue weighted by Crippen LogP contribution is -2.30. The van der Waals surface area contributed by atoms with Crippen LogP contribution < -0.4 is 0 Å². The van der Waals surface area contributed by atoms with Gasteiger partial charge >= 0.3 is 0 Å². The van der Waals surface area contributed by atoms with Crippen molar-refractivity contribution in [2.45, 2.75) is 12.6 Å². The molecule has 5 heteroatoms. The highest BCUT2D eigenvalue weighted by atomic mass is 19.1. The predicted octanol–water partition coefficient (Wildman–Crippen LogP) is 1.77. The maximum Gasteiger partial charge on any atom is 0.261 e. The summed E-state index contributed by atoms with van der Waals surface area (Å²) in [6.45, 7) is 0.175. The summed E-state index contributed by atoms with van der Waals surface area (Å²) >= 11 is 0. The van der Waals surface area contributed by atoms with Gasteiger partial charge < -0.3 is 0 Å². The Labute approximate surface area is 109 Å². The predicted molar refractivity (Wildman–Crippen MR) is 66.5 cm³/mol. The van der Waals surface area contributed by atoms with Crippen LogP contribution in [0.25, 0.3) is 0 Å². The van der Waals surface area contributed by atoms with Crippen LogP contribution in [0.15, 0.2) is 36.4 Å². The maximum absolute atomic E-state index is 12.6. The zero-order chi connectivity index (χ0) is 13.8. The molecule has 1 aromatic carbocycles. The number of benzene rings is 1. The van der Waals surface area contributed by atoms with Crippen LogP contribution in [-0.4, -0.2) is 35.7 Å². The molecule has 1 aliphatic rings. The number of imide groups is 1. The number of amides is 2. The first kappa shape index (κ1) is 13.1. The normalized spacial score (nSPS) is 15.9. The van der Waals surface area contributed by atoms with Crippen molar-refractivity contribution < 1.29 is 18.8 Å². The van der Waals surface area contributed by atoms with Gasteiger partial charge in [-0.1, -0.05) is 18.2 Å². The number of hydrogen-bond donors (Lipinski definition) is 0. The van der Waals surface area contributed by atoms with Crippen LogP contribution in [0.2, 0.25) is 0 Å². The molecule has 0 N–H and O–H groups in total. The third kappa shape index (κ3) is 2.59. The van der Waals surface area contributed by atoms with Crippen molar-refractivity contribution in [3.63, 3.8) is 0 Å². The number of rotatable bonds is 5. The molecule has 0 fully saturated rings. The molecule has 2 amide bonds. The van der Waals surface area contributed by atoms with Gasteiger partial charge in [0.05, 0.1) is 11.1 Å². The van der Waals surface area contributed by atoms with E-state index in [0.717, 1.165) is 11.0 Å². The number of hydrogen-bond acceptors (Lipinski definition) is 3. The number of nitrogens with zero attached hydrogens (tertiary/aromatic N) is 1. The van der Waals surface area contributed by atoms with Gasteiger partial charge in [-0.25, -0.2) is 4.39 Å². The molecule has 0 aliphatic carbocycles. The Kier molecular flexibility index (Phi) is 3.85. The Morgan fingerprint density at radius 1 is 1.16 bits per heavy atom. The van der Waals surface area contributed by atoms with Gasteiger partial charge in [-0.15, -0.1) is 0 Å². The second-order valence-corrected chi connectivity index (χ2v) is 4.10. The minimum Gasteiger partial charge on any atom is -0.300 e. The van der Waals surface area contributed by atoms with Crippen LogP contribution in [0.3, 0.4) is 0 Å². The van der Waals surface area contributed by atoms with Crippen LogP contribution >= 0.6 is 0 Å². The second-order valence-electron chi connectivity index (χ2n) is 4.10. The molecule has 1 aromatic rings. The smallest absolute Gasteiger partial charge is 0.261 e. The number of halogens is 1. The topological polar surface area (TPSA) is 54.5 Å². The summed E-state index contributed by atoms with van der Waals surface area (Å²) in [7, 11) is 0. The average Bonchev–Trinajstić information content (AvgIpc) is 2.68. The molecular weight excluding hydrogens is 249 g/mol. The van der Waals surface area contributed by atoms with Gasteiger partial charge in [-0.05, 0) is 24.6 Å². The summed E-state index contributed by atoms with van der Waals surface area (Å²) in [6, 6.07) is 6.61. The molecule has 19 heavy (non-hydrogen) atoms. The highest BCUT2D eigenvalue weighted by molar-refractivity contribution is 6.21. The van der Waals surface area contributed by atoms with E-state index < -0.39 is 6.17 Å². The maximum atomic E-state index is 12.6. The van der Waals surface area contributed by atoms with Gasteiger partial charge in [-0.3, -0.25) is 19.3 Å². The highest BCUT2D eigenvalue weighted by Gasteiger charge is 2.34. The Balaban J connectivity index is 2.01. The van der Waals surface area contributed by atoms with Gasteiger partial charge in [0.15, 0.2) is 12.5 Å². The van der Waals surface area contributed by atoms with Crippen LogP contribution in [0.4, 0.5) is 4.39 Å². The number of fused-ring (bicyclic) bond motifs is 1. The minimum atomic E-state index is -1.64. The monoisotopic (exact) mass is 261 g/mol. The fraction of sp³-hybridized carbons (Fsp3) is 0.214. The SMILES string of the molecule is O=CC(F)C=CCCN1C(=O)c2ccccc2C1=O. The minimum absolute atomic E-state index is 0.175. The molecule has 0 spiro atoms. The Hall–Kier alpha value is -2.30. The quantitative estimate of drug-likeness (QED) is 0.461. The third-order valence-electron chi connectivity index (χ3n) is 2.85. The van der Waals surface area contributed by atoms with Crippen molar-refractivity contribution in [3.8, 4) is 0 Å². The lowest BCUT2D eigenvalue weighted by molar-refractivity contribution is -0.110. The van der Waals surface area contributed by atoms with Crippen molar-refractivity contribution in [1.82, 2.24) is 4.90 Å². The van der Waals surface area contributed by atoms with E-state index in [1.807, 2.05) is 0 Å². The summed E-state index contributed by atoms with van der Waals surface area (Å²) in [6.07, 6.45) is 1.41. The molecule has 1 unspecified atom stereocenters. The Bertz CT molecular complexity index is 518. The van der Waals surface area contributed by atoms with Gasteiger partial charge in [0.1, 0.15) is 0 Å². The number of allylic oxidation sites excluding steroid dienone is 1. The van der Waals surface area contributed by atoms with Gasteiger partial charge in [0.25, 0.3) is 11.8 Å². The van der Waals surface area contributed by atoms with E-state index in [-0.39, 0.29) is 24.6 Å². The molecule has 0 radical (unpaired) electrons. The van der Waals surface area contributed by atoms with E-state index in [1.54, 1.807) is 24.3 Å². The van der Waals surface area contributed by atoms with Crippen LogP contribution in [-0.2, 0) is 4.79 Å². The molecule has 0 bridgehead atoms. The first-order chi connectivity index (χ1) is 9.15. The number of carbonyl (C=O) groups excluding carboxylic acids is 3. The fourth-order valence-corrected chi connectivity index (χ4v) is 1.92. The largest absolute Gasteiger partial charge is 0.300 e. The summed E-state index contributed by atoms with van der Waals surface area (Å²) in [5.41, 5.74) is 0.792. The average molecular weight is 261 g/mol. The molecule has 0 saturated carbocycles. The highest BCUT2D eigenvalue weighted by Crippen LogP contribution is 2.22. The lowest BCUT2D eigenvalue weighted by Gasteiger charge is -2.11. The van der Waals surface area contributed by atoms with Crippen molar-refractivity contribution in [3.05, 3.63) is 47.5 Å². The number of carbonyl (C=O) groups is 3. The molecular formula is C14H12FNO3. The zero-order valence-electron chi connectivity index (χ0n) is 10.1. The van der Waals surface area contributed by atoms with Gasteiger partial charge in [0.2, 0.25) is 0 Å². The molecule has 98 valence electrons. The van der Waals surface area contributed by atoms with E-state index >= 15 is 0 Å². The zero-order valence-corrected chi connectivity index (χ0v) is 10.1. The van der Waals surface area contributed by atoms with Gasteiger partial charge in [-0.2, -0.15) is 0 Å². The standard InChI is InChI=1S/C14H12FNO3/c15-10(9-17)5-3-4-8-16-13(18)11-6-1-2-7-12(11)14(16)19/h1-3,5-7,9-10H,4,8H2. The molecule has 1 aliphatic heterocycles. The molecule has 2 rings (SSSR count). The lowest BCUT2D eigenvalue weighted by atomic mass is 10.1. The summed E-state index contributed by atoms with van der Waals surface area (Å²) in [5.74, 6) is -0.664. The van der Waals surface area contributed by atoms with Crippen molar-refractivity contribution in [2.75, 3.05) is 6.54 Å². The van der Waals surface area contributed by atoms with Crippen molar-refractivity contribution in [1.29, 1.82) is 0 Å². The van der Waals surface area contributed by atoms with Crippen LogP contribution in [0, 0.1) is 0 Å². The second kappa shape index (κ2) is 5.56. The van der Waals surface area contributed by atoms with E-state index in [1.165, 1.54) is 6.08 Å². The summed E-state index contributed by atoms with van der Waals surface area (Å²) in [4.78, 5) is 35.1. The van der Waals surface area contributed by atoms with E-state index in [0.29, 0.717) is 17.5 Å². The molecule has 1 atom stereocenters. The third-order valence-corrected chi connectivity index (χ3v) is 2.85. The van der Waals surface area contributed by atoms with E-state index in [9.17, 15) is 18.8 Å². The summed E-state index contributed by atoms with van der Waals surface area (Å²) < 4.78 is 12.6. The number of alkyl halides is 1. The molecule has 0 saturated heterocycles. The fourth-order valence-electron chi connectivity index (χ4n) is 1.92. The molecule has 0 aromatic heterocycles. The van der Waals surface area contributed by atoms with E-state index in [4.69, 9.17) is 0 Å². The van der Waals surface area contributed by atoms with E-state index in [2.05, 4.69) is 0 Å². The summed E-state index contributed by atoms with van der Waals surface area (Å²) in [5, 5.41) is 0.